The number of nitrogens with zero attached hydrogens (tertiary/aromatic N) is 3. The number of carbonyl (C=O) groups is 1. The minimum absolute atomic E-state index is 0.0404. The van der Waals surface area contributed by atoms with Crippen molar-refractivity contribution in [1.82, 2.24) is 20.1 Å². The summed E-state index contributed by atoms with van der Waals surface area (Å²) >= 11 is 1.46. The number of benzene rings is 1. The van der Waals surface area contributed by atoms with Crippen molar-refractivity contribution < 1.29 is 9.18 Å². The maximum atomic E-state index is 13.2. The molecule has 0 radical (unpaired) electrons. The Morgan fingerprint density at radius 3 is 2.52 bits per heavy atom. The molecule has 27 heavy (non-hydrogen) atoms. The monoisotopic (exact) mass is 388 g/mol. The first-order valence-corrected chi connectivity index (χ1v) is 10.6. The van der Waals surface area contributed by atoms with Gasteiger partial charge in [0.15, 0.2) is 5.16 Å². The third kappa shape index (κ3) is 4.34. The fraction of sp³-hybridized carbons (Fsp3) is 0.550. The van der Waals surface area contributed by atoms with E-state index in [-0.39, 0.29) is 23.7 Å². The highest BCUT2D eigenvalue weighted by Gasteiger charge is 2.36. The Morgan fingerprint density at radius 2 is 1.93 bits per heavy atom. The van der Waals surface area contributed by atoms with E-state index in [1.807, 2.05) is 13.8 Å². The lowest BCUT2D eigenvalue weighted by molar-refractivity contribution is -0.119. The van der Waals surface area contributed by atoms with Gasteiger partial charge < -0.3 is 9.88 Å². The van der Waals surface area contributed by atoms with Gasteiger partial charge in [-0.2, -0.15) is 0 Å². The minimum Gasteiger partial charge on any atom is -0.348 e. The maximum absolute atomic E-state index is 13.2. The number of carbonyl (C=O) groups excluding carboxylic acids is 1. The number of halogens is 1. The smallest absolute Gasteiger partial charge is 0.230 e. The highest BCUT2D eigenvalue weighted by Crippen LogP contribution is 2.46. The van der Waals surface area contributed by atoms with Crippen LogP contribution < -0.4 is 5.32 Å². The predicted octanol–water partition coefficient (Wildman–Crippen LogP) is 4.24. The van der Waals surface area contributed by atoms with Crippen molar-refractivity contribution in [3.63, 3.8) is 0 Å². The van der Waals surface area contributed by atoms with E-state index >= 15 is 0 Å². The molecule has 1 atom stereocenters. The van der Waals surface area contributed by atoms with Crippen LogP contribution in [-0.4, -0.2) is 26.4 Å². The molecule has 0 saturated heterocycles. The zero-order valence-corrected chi connectivity index (χ0v) is 16.5. The Bertz CT molecular complexity index is 812. The van der Waals surface area contributed by atoms with Crippen molar-refractivity contribution in [3.8, 4) is 0 Å². The van der Waals surface area contributed by atoms with Crippen molar-refractivity contribution in [3.05, 3.63) is 41.5 Å². The lowest BCUT2D eigenvalue weighted by Gasteiger charge is -2.23. The van der Waals surface area contributed by atoms with Gasteiger partial charge in [-0.05, 0) is 49.3 Å². The summed E-state index contributed by atoms with van der Waals surface area (Å²) < 4.78 is 15.4. The Labute approximate surface area is 163 Å². The number of rotatable bonds is 8. The van der Waals surface area contributed by atoms with E-state index in [4.69, 9.17) is 0 Å². The first-order valence-electron chi connectivity index (χ1n) is 9.65. The largest absolute Gasteiger partial charge is 0.348 e. The molecule has 1 heterocycles. The van der Waals surface area contributed by atoms with Gasteiger partial charge in [0, 0.05) is 12.0 Å². The van der Waals surface area contributed by atoms with Crippen LogP contribution in [0.25, 0.3) is 0 Å². The molecular formula is C20H25FN4OS. The number of hydrogen-bond donors (Lipinski definition) is 1. The van der Waals surface area contributed by atoms with Gasteiger partial charge >= 0.3 is 0 Å². The van der Waals surface area contributed by atoms with Crippen LogP contribution in [0, 0.1) is 11.7 Å². The first-order chi connectivity index (χ1) is 13.0. The molecule has 2 aliphatic rings. The van der Waals surface area contributed by atoms with Gasteiger partial charge in [-0.1, -0.05) is 37.7 Å². The average molecular weight is 389 g/mol. The molecule has 144 valence electrons. The summed E-state index contributed by atoms with van der Waals surface area (Å²) in [7, 11) is 0. The number of thioether (sulfide) groups is 1. The summed E-state index contributed by atoms with van der Waals surface area (Å²) in [5.41, 5.74) is 0.918. The van der Waals surface area contributed by atoms with Crippen LogP contribution in [0.4, 0.5) is 4.39 Å². The molecule has 2 fully saturated rings. The Balaban J connectivity index is 1.39. The Morgan fingerprint density at radius 1 is 1.22 bits per heavy atom. The fourth-order valence-electron chi connectivity index (χ4n) is 3.33. The normalized spacial score (nSPS) is 17.9. The van der Waals surface area contributed by atoms with Crippen molar-refractivity contribution in [2.75, 3.05) is 5.75 Å². The van der Waals surface area contributed by atoms with Crippen LogP contribution in [0.15, 0.2) is 29.4 Å². The average Bonchev–Trinajstić information content (AvgIpc) is 3.57. The second kappa shape index (κ2) is 7.62. The Kier molecular flexibility index (Phi) is 5.21. The standard InChI is InChI=1S/C20H25FN4OS/c1-12(2)18(13-5-7-15(21)8-6-13)22-17(26)11-27-20-24-23-19(14-3-4-14)25(20)16-9-10-16/h5-8,12,14,16,18H,3-4,9-11H2,1-2H3,(H,22,26). The van der Waals surface area contributed by atoms with Crippen LogP contribution in [0.5, 0.6) is 0 Å². The lowest BCUT2D eigenvalue weighted by Crippen LogP contribution is -2.33. The molecule has 1 amide bonds. The number of hydrogen-bond acceptors (Lipinski definition) is 4. The van der Waals surface area contributed by atoms with Gasteiger partial charge in [0.25, 0.3) is 0 Å². The summed E-state index contributed by atoms with van der Waals surface area (Å²) in [6.45, 7) is 4.10. The van der Waals surface area contributed by atoms with E-state index in [9.17, 15) is 9.18 Å². The van der Waals surface area contributed by atoms with E-state index in [2.05, 4.69) is 20.1 Å². The van der Waals surface area contributed by atoms with Crippen LogP contribution in [0.1, 0.15) is 68.9 Å². The zero-order chi connectivity index (χ0) is 19.0. The lowest BCUT2D eigenvalue weighted by atomic mass is 9.96. The molecule has 1 aromatic carbocycles. The van der Waals surface area contributed by atoms with Crippen molar-refractivity contribution in [1.29, 1.82) is 0 Å². The Hall–Kier alpha value is -1.89. The minimum atomic E-state index is -0.269. The van der Waals surface area contributed by atoms with Gasteiger partial charge in [-0.15, -0.1) is 10.2 Å². The molecule has 1 aromatic heterocycles. The van der Waals surface area contributed by atoms with E-state index in [0.717, 1.165) is 16.5 Å². The summed E-state index contributed by atoms with van der Waals surface area (Å²) in [6, 6.07) is 6.72. The van der Waals surface area contributed by atoms with Crippen LogP contribution >= 0.6 is 11.8 Å². The summed E-state index contributed by atoms with van der Waals surface area (Å²) in [4.78, 5) is 12.6. The maximum Gasteiger partial charge on any atom is 0.230 e. The first kappa shape index (κ1) is 18.5. The predicted molar refractivity (Wildman–Crippen MR) is 103 cm³/mol. The molecule has 2 saturated carbocycles. The van der Waals surface area contributed by atoms with Gasteiger partial charge in [0.1, 0.15) is 11.6 Å². The second-order valence-electron chi connectivity index (χ2n) is 7.85. The SMILES string of the molecule is CC(C)C(NC(=O)CSc1nnc(C2CC2)n1C1CC1)c1ccc(F)cc1. The third-order valence-corrected chi connectivity index (χ3v) is 6.03. The van der Waals surface area contributed by atoms with Gasteiger partial charge in [-0.3, -0.25) is 4.79 Å². The van der Waals surface area contributed by atoms with E-state index in [1.54, 1.807) is 12.1 Å². The number of aromatic nitrogens is 3. The van der Waals surface area contributed by atoms with Gasteiger partial charge in [-0.25, -0.2) is 4.39 Å². The molecule has 1 N–H and O–H groups in total. The van der Waals surface area contributed by atoms with E-state index in [0.29, 0.717) is 17.7 Å². The van der Waals surface area contributed by atoms with Crippen LogP contribution in [0.3, 0.4) is 0 Å². The fourth-order valence-corrected chi connectivity index (χ4v) is 4.16. The number of nitrogens with one attached hydrogen (secondary N) is 1. The molecule has 5 nitrogen and oxygen atoms in total. The molecule has 7 heteroatoms. The van der Waals surface area contributed by atoms with Crippen molar-refractivity contribution >= 4 is 17.7 Å². The topological polar surface area (TPSA) is 59.8 Å². The number of amides is 1. The zero-order valence-electron chi connectivity index (χ0n) is 15.7. The van der Waals surface area contributed by atoms with E-state index < -0.39 is 0 Å². The molecule has 2 aliphatic carbocycles. The summed E-state index contributed by atoms with van der Waals surface area (Å²) in [5.74, 6) is 1.87. The molecule has 0 bridgehead atoms. The molecule has 0 aliphatic heterocycles. The van der Waals surface area contributed by atoms with Crippen LogP contribution in [0.2, 0.25) is 0 Å². The molecule has 0 spiro atoms. The molecule has 1 unspecified atom stereocenters. The molecular weight excluding hydrogens is 363 g/mol. The van der Waals surface area contributed by atoms with Gasteiger partial charge in [0.05, 0.1) is 11.8 Å². The van der Waals surface area contributed by atoms with E-state index in [1.165, 1.54) is 49.6 Å². The highest BCUT2D eigenvalue weighted by molar-refractivity contribution is 7.99. The quantitative estimate of drug-likeness (QED) is 0.688. The van der Waals surface area contributed by atoms with Crippen molar-refractivity contribution in [2.24, 2.45) is 5.92 Å². The molecule has 4 rings (SSSR count). The third-order valence-electron chi connectivity index (χ3n) is 5.09. The van der Waals surface area contributed by atoms with Crippen LogP contribution in [-0.2, 0) is 4.79 Å². The highest BCUT2D eigenvalue weighted by atomic mass is 32.2. The summed E-state index contributed by atoms with van der Waals surface area (Å²) in [5, 5.41) is 12.7. The van der Waals surface area contributed by atoms with Crippen molar-refractivity contribution in [2.45, 2.75) is 62.7 Å². The second-order valence-corrected chi connectivity index (χ2v) is 8.79. The molecule has 2 aromatic rings. The van der Waals surface area contributed by atoms with Gasteiger partial charge in [0.2, 0.25) is 5.91 Å². The summed E-state index contributed by atoms with van der Waals surface area (Å²) in [6.07, 6.45) is 4.75.